The maximum atomic E-state index is 13.1. The zero-order chi connectivity index (χ0) is 16.1. The number of ether oxygens (including phenoxy) is 1. The van der Waals surface area contributed by atoms with Crippen molar-refractivity contribution >= 4 is 24.2 Å². The lowest BCUT2D eigenvalue weighted by molar-refractivity contribution is -0.230. The van der Waals surface area contributed by atoms with Crippen molar-refractivity contribution in [2.45, 2.75) is 45.3 Å². The van der Waals surface area contributed by atoms with Crippen LogP contribution in [0.5, 0.6) is 0 Å². The van der Waals surface area contributed by atoms with Gasteiger partial charge >= 0.3 is 0 Å². The molecule has 23 heavy (non-hydrogen) atoms. The van der Waals surface area contributed by atoms with Crippen LogP contribution >= 0.6 is 12.4 Å². The molecule has 0 bridgehead atoms. The zero-order valence-corrected chi connectivity index (χ0v) is 15.0. The van der Waals surface area contributed by atoms with Crippen molar-refractivity contribution < 1.29 is 14.3 Å². The third-order valence-electron chi connectivity index (χ3n) is 6.05. The number of carbonyl (C=O) groups excluding carboxylic acids is 2. The van der Waals surface area contributed by atoms with Crippen LogP contribution in [0.25, 0.3) is 0 Å². The second-order valence-electron chi connectivity index (χ2n) is 7.43. The van der Waals surface area contributed by atoms with E-state index in [4.69, 9.17) is 10.5 Å². The van der Waals surface area contributed by atoms with E-state index in [2.05, 4.69) is 0 Å². The summed E-state index contributed by atoms with van der Waals surface area (Å²) < 4.78 is 5.87. The molecule has 2 aliphatic heterocycles. The number of hydrogen-bond donors (Lipinski definition) is 1. The van der Waals surface area contributed by atoms with Crippen LogP contribution in [0.1, 0.15) is 33.6 Å². The Bertz CT molecular complexity index is 491. The first-order valence-electron chi connectivity index (χ1n) is 8.25. The predicted molar refractivity (Wildman–Crippen MR) is 89.2 cm³/mol. The molecule has 1 saturated carbocycles. The molecule has 3 unspecified atom stereocenters. The summed E-state index contributed by atoms with van der Waals surface area (Å²) in [5, 5.41) is 0. The van der Waals surface area contributed by atoms with Gasteiger partial charge in [0.15, 0.2) is 0 Å². The molecule has 0 aromatic rings. The number of amides is 2. The summed E-state index contributed by atoms with van der Waals surface area (Å²) in [6.07, 6.45) is 2.03. The van der Waals surface area contributed by atoms with E-state index < -0.39 is 5.54 Å². The predicted octanol–water partition coefficient (Wildman–Crippen LogP) is 0.631. The van der Waals surface area contributed by atoms with E-state index >= 15 is 0 Å². The zero-order valence-electron chi connectivity index (χ0n) is 14.2. The van der Waals surface area contributed by atoms with Crippen molar-refractivity contribution in [3.05, 3.63) is 0 Å². The van der Waals surface area contributed by atoms with E-state index in [1.54, 1.807) is 11.8 Å². The van der Waals surface area contributed by atoms with E-state index in [0.29, 0.717) is 26.2 Å². The number of nitrogens with two attached hydrogens (primary N) is 1. The van der Waals surface area contributed by atoms with E-state index in [-0.39, 0.29) is 41.7 Å². The molecule has 0 spiro atoms. The van der Waals surface area contributed by atoms with Gasteiger partial charge in [0.25, 0.3) is 0 Å². The fourth-order valence-electron chi connectivity index (χ4n) is 4.50. The minimum Gasteiger partial charge on any atom is -0.377 e. The maximum Gasteiger partial charge on any atom is 0.243 e. The van der Waals surface area contributed by atoms with Crippen LogP contribution in [-0.4, -0.2) is 66.0 Å². The molecular weight excluding hydrogens is 318 g/mol. The van der Waals surface area contributed by atoms with Gasteiger partial charge in [-0.25, -0.2) is 0 Å². The first-order valence-corrected chi connectivity index (χ1v) is 8.25. The smallest absolute Gasteiger partial charge is 0.243 e. The highest BCUT2D eigenvalue weighted by molar-refractivity contribution is 5.90. The van der Waals surface area contributed by atoms with Gasteiger partial charge < -0.3 is 20.3 Å². The Morgan fingerprint density at radius 3 is 2.26 bits per heavy atom. The second-order valence-corrected chi connectivity index (χ2v) is 7.43. The Kier molecular flexibility index (Phi) is 5.00. The first-order chi connectivity index (χ1) is 10.3. The molecule has 132 valence electrons. The largest absolute Gasteiger partial charge is 0.377 e. The monoisotopic (exact) mass is 345 g/mol. The van der Waals surface area contributed by atoms with Gasteiger partial charge in [0.1, 0.15) is 5.54 Å². The Labute approximate surface area is 144 Å². The first kappa shape index (κ1) is 18.5. The van der Waals surface area contributed by atoms with Gasteiger partial charge in [-0.3, -0.25) is 9.59 Å². The van der Waals surface area contributed by atoms with Gasteiger partial charge in [0, 0.05) is 51.0 Å². The van der Waals surface area contributed by atoms with Crippen molar-refractivity contribution in [2.24, 2.45) is 17.1 Å². The molecule has 0 aromatic carbocycles. The maximum absolute atomic E-state index is 13.1. The fourth-order valence-corrected chi connectivity index (χ4v) is 4.50. The summed E-state index contributed by atoms with van der Waals surface area (Å²) in [7, 11) is 0. The average Bonchev–Trinajstić information content (AvgIpc) is 2.53. The van der Waals surface area contributed by atoms with Crippen molar-refractivity contribution in [1.82, 2.24) is 9.80 Å². The van der Waals surface area contributed by atoms with E-state index in [0.717, 1.165) is 19.4 Å². The molecule has 1 aliphatic carbocycles. The van der Waals surface area contributed by atoms with Gasteiger partial charge in [-0.15, -0.1) is 12.4 Å². The summed E-state index contributed by atoms with van der Waals surface area (Å²) in [5.74, 6) is 0.223. The van der Waals surface area contributed by atoms with Crippen molar-refractivity contribution in [3.8, 4) is 0 Å². The van der Waals surface area contributed by atoms with Crippen LogP contribution in [0, 0.1) is 11.3 Å². The van der Waals surface area contributed by atoms with E-state index in [1.807, 2.05) is 18.7 Å². The number of halogens is 1. The summed E-state index contributed by atoms with van der Waals surface area (Å²) >= 11 is 0. The summed E-state index contributed by atoms with van der Waals surface area (Å²) in [6, 6.07) is 0. The summed E-state index contributed by atoms with van der Waals surface area (Å²) in [5.41, 5.74) is 5.48. The number of piperazine rings is 1. The minimum atomic E-state index is -0.837. The highest BCUT2D eigenvalue weighted by atomic mass is 35.5. The summed E-state index contributed by atoms with van der Waals surface area (Å²) in [6.45, 7) is 8.78. The van der Waals surface area contributed by atoms with Crippen LogP contribution in [0.15, 0.2) is 0 Å². The highest BCUT2D eigenvalue weighted by Crippen LogP contribution is 2.57. The van der Waals surface area contributed by atoms with Gasteiger partial charge in [0.05, 0.1) is 6.10 Å². The quantitative estimate of drug-likeness (QED) is 0.756. The highest BCUT2D eigenvalue weighted by Gasteiger charge is 2.70. The standard InChI is InChI=1S/C16H27N3O3.ClH/c1-11(20)18-6-8-19(9-7-18)14(21)16(17)12-5-4-10-22-13(12)15(16,2)3;/h12-13H,4-10,17H2,1-3H3;1H. The molecule has 2 N–H and O–H groups in total. The lowest BCUT2D eigenvalue weighted by Gasteiger charge is -2.66. The van der Waals surface area contributed by atoms with Crippen LogP contribution < -0.4 is 5.73 Å². The molecule has 2 amide bonds. The normalized spacial score (nSPS) is 35.7. The van der Waals surface area contributed by atoms with E-state index in [1.165, 1.54) is 0 Å². The molecule has 6 nitrogen and oxygen atoms in total. The third kappa shape index (κ3) is 2.55. The van der Waals surface area contributed by atoms with Crippen molar-refractivity contribution in [1.29, 1.82) is 0 Å². The van der Waals surface area contributed by atoms with Crippen molar-refractivity contribution in [2.75, 3.05) is 32.8 Å². The second kappa shape index (κ2) is 6.22. The molecule has 3 rings (SSSR count). The van der Waals surface area contributed by atoms with Gasteiger partial charge in [-0.05, 0) is 12.8 Å². The molecule has 0 radical (unpaired) electrons. The molecule has 7 heteroatoms. The van der Waals surface area contributed by atoms with Gasteiger partial charge in [-0.2, -0.15) is 0 Å². The Morgan fingerprint density at radius 2 is 1.70 bits per heavy atom. The SMILES string of the molecule is CC(=O)N1CCN(C(=O)C2(N)C3CCCOC3C2(C)C)CC1.Cl. The molecule has 3 fully saturated rings. The topological polar surface area (TPSA) is 75.9 Å². The lowest BCUT2D eigenvalue weighted by atomic mass is 9.46. The molecule has 2 heterocycles. The number of rotatable bonds is 1. The van der Waals surface area contributed by atoms with Crippen LogP contribution in [0.4, 0.5) is 0 Å². The van der Waals surface area contributed by atoms with Gasteiger partial charge in [-0.1, -0.05) is 13.8 Å². The molecular formula is C16H28ClN3O3. The van der Waals surface area contributed by atoms with Crippen molar-refractivity contribution in [3.63, 3.8) is 0 Å². The molecule has 2 saturated heterocycles. The molecule has 3 atom stereocenters. The Balaban J connectivity index is 0.00000192. The fraction of sp³-hybridized carbons (Fsp3) is 0.875. The lowest BCUT2D eigenvalue weighted by Crippen LogP contribution is -2.82. The number of fused-ring (bicyclic) bond motifs is 1. The Hall–Kier alpha value is -0.850. The van der Waals surface area contributed by atoms with E-state index in [9.17, 15) is 9.59 Å². The van der Waals surface area contributed by atoms with Crippen LogP contribution in [0.3, 0.4) is 0 Å². The van der Waals surface area contributed by atoms with Crippen LogP contribution in [-0.2, 0) is 14.3 Å². The summed E-state index contributed by atoms with van der Waals surface area (Å²) in [4.78, 5) is 28.1. The molecule has 3 aliphatic rings. The number of nitrogens with zero attached hydrogens (tertiary/aromatic N) is 2. The Morgan fingerprint density at radius 1 is 1.13 bits per heavy atom. The average molecular weight is 346 g/mol. The molecule has 0 aromatic heterocycles. The van der Waals surface area contributed by atoms with Crippen LogP contribution in [0.2, 0.25) is 0 Å². The minimum absolute atomic E-state index is 0. The third-order valence-corrected chi connectivity index (χ3v) is 6.05. The van der Waals surface area contributed by atoms with Gasteiger partial charge in [0.2, 0.25) is 11.8 Å². The number of carbonyl (C=O) groups is 2. The number of hydrogen-bond acceptors (Lipinski definition) is 4.